The maximum atomic E-state index is 9.46. The van der Waals surface area contributed by atoms with Crippen LogP contribution in [0.25, 0.3) is 0 Å². The van der Waals surface area contributed by atoms with Crippen LogP contribution in [0.15, 0.2) is 12.1 Å². The van der Waals surface area contributed by atoms with Crippen LogP contribution in [-0.2, 0) is 0 Å². The minimum Gasteiger partial charge on any atom is -0.491 e. The van der Waals surface area contributed by atoms with Crippen molar-refractivity contribution < 1.29 is 9.84 Å². The summed E-state index contributed by atoms with van der Waals surface area (Å²) < 4.78 is 5.92. The van der Waals surface area contributed by atoms with Gasteiger partial charge >= 0.3 is 0 Å². The van der Waals surface area contributed by atoms with Gasteiger partial charge in [0.2, 0.25) is 0 Å². The zero-order valence-corrected chi connectivity index (χ0v) is 11.5. The number of hydrogen-bond acceptors (Lipinski definition) is 3. The van der Waals surface area contributed by atoms with Gasteiger partial charge in [0.15, 0.2) is 0 Å². The Balaban J connectivity index is 2.12. The van der Waals surface area contributed by atoms with Gasteiger partial charge in [-0.3, -0.25) is 0 Å². The van der Waals surface area contributed by atoms with E-state index in [4.69, 9.17) is 10.5 Å². The van der Waals surface area contributed by atoms with Gasteiger partial charge in [0.05, 0.1) is 12.1 Å². The fraction of sp³-hybridized carbons (Fsp3) is 0.600. The average Bonchev–Trinajstić information content (AvgIpc) is 3.18. The Morgan fingerprint density at radius 3 is 2.44 bits per heavy atom. The number of ether oxygens (including phenoxy) is 1. The Morgan fingerprint density at radius 1 is 1.28 bits per heavy atom. The van der Waals surface area contributed by atoms with E-state index in [0.29, 0.717) is 12.5 Å². The van der Waals surface area contributed by atoms with Crippen LogP contribution in [0.2, 0.25) is 0 Å². The minimum absolute atomic E-state index is 0.0123. The van der Waals surface area contributed by atoms with Crippen molar-refractivity contribution >= 4 is 0 Å². The SMILES string of the molecule is Cc1ccc(C)c(OCC(N)(CO)C2CC2)c1C. The zero-order valence-electron chi connectivity index (χ0n) is 11.5. The second kappa shape index (κ2) is 4.90. The maximum absolute atomic E-state index is 9.46. The van der Waals surface area contributed by atoms with E-state index in [-0.39, 0.29) is 6.61 Å². The molecule has 1 atom stereocenters. The Hall–Kier alpha value is -1.06. The van der Waals surface area contributed by atoms with Gasteiger partial charge in [0.25, 0.3) is 0 Å². The summed E-state index contributed by atoms with van der Waals surface area (Å²) in [6.45, 7) is 6.55. The molecule has 3 heteroatoms. The third-order valence-corrected chi connectivity index (χ3v) is 4.04. The van der Waals surface area contributed by atoms with Gasteiger partial charge in [0.1, 0.15) is 12.4 Å². The number of aliphatic hydroxyl groups is 1. The second-order valence-corrected chi connectivity index (χ2v) is 5.61. The highest BCUT2D eigenvalue weighted by Crippen LogP contribution is 2.38. The van der Waals surface area contributed by atoms with Gasteiger partial charge in [-0.2, -0.15) is 0 Å². The topological polar surface area (TPSA) is 55.5 Å². The first-order chi connectivity index (χ1) is 8.48. The van der Waals surface area contributed by atoms with Crippen LogP contribution in [0.5, 0.6) is 5.75 Å². The zero-order chi connectivity index (χ0) is 13.3. The number of hydrogen-bond donors (Lipinski definition) is 2. The molecule has 100 valence electrons. The maximum Gasteiger partial charge on any atom is 0.125 e. The molecule has 1 aromatic rings. The lowest BCUT2D eigenvalue weighted by atomic mass is 9.97. The molecule has 1 aliphatic carbocycles. The summed E-state index contributed by atoms with van der Waals surface area (Å²) in [6.07, 6.45) is 2.21. The predicted octanol–water partition coefficient (Wildman–Crippen LogP) is 2.09. The highest BCUT2D eigenvalue weighted by atomic mass is 16.5. The third-order valence-electron chi connectivity index (χ3n) is 4.04. The molecule has 0 saturated heterocycles. The molecule has 0 bridgehead atoms. The van der Waals surface area contributed by atoms with Crippen molar-refractivity contribution in [3.63, 3.8) is 0 Å². The van der Waals surface area contributed by atoms with Crippen LogP contribution in [0.4, 0.5) is 0 Å². The van der Waals surface area contributed by atoms with Gasteiger partial charge in [-0.25, -0.2) is 0 Å². The summed E-state index contributed by atoms with van der Waals surface area (Å²) in [6, 6.07) is 4.16. The van der Waals surface area contributed by atoms with Crippen molar-refractivity contribution in [2.24, 2.45) is 11.7 Å². The highest BCUT2D eigenvalue weighted by Gasteiger charge is 2.42. The summed E-state index contributed by atoms with van der Waals surface area (Å²) >= 11 is 0. The van der Waals surface area contributed by atoms with Crippen molar-refractivity contribution in [3.8, 4) is 5.75 Å². The van der Waals surface area contributed by atoms with Crippen molar-refractivity contribution in [3.05, 3.63) is 28.8 Å². The van der Waals surface area contributed by atoms with E-state index in [1.807, 2.05) is 6.92 Å². The molecule has 2 rings (SSSR count). The second-order valence-electron chi connectivity index (χ2n) is 5.61. The van der Waals surface area contributed by atoms with Crippen LogP contribution < -0.4 is 10.5 Å². The molecule has 1 aromatic carbocycles. The molecule has 0 aliphatic heterocycles. The first-order valence-corrected chi connectivity index (χ1v) is 6.57. The lowest BCUT2D eigenvalue weighted by Gasteiger charge is -2.28. The molecule has 0 amide bonds. The summed E-state index contributed by atoms with van der Waals surface area (Å²) in [7, 11) is 0. The minimum atomic E-state index is -0.581. The summed E-state index contributed by atoms with van der Waals surface area (Å²) in [5.74, 6) is 1.33. The Kier molecular flexibility index (Phi) is 3.64. The van der Waals surface area contributed by atoms with E-state index in [0.717, 1.165) is 29.7 Å². The van der Waals surface area contributed by atoms with Crippen LogP contribution in [-0.4, -0.2) is 23.9 Å². The van der Waals surface area contributed by atoms with Gasteiger partial charge in [0, 0.05) is 0 Å². The van der Waals surface area contributed by atoms with Gasteiger partial charge < -0.3 is 15.6 Å². The molecule has 3 nitrogen and oxygen atoms in total. The standard InChI is InChI=1S/C15H23NO2/c1-10-4-5-11(2)14(12(10)3)18-9-15(16,8-17)13-6-7-13/h4-5,13,17H,6-9,16H2,1-3H3. The molecular formula is C15H23NO2. The normalized spacial score (nSPS) is 18.5. The fourth-order valence-electron chi connectivity index (χ4n) is 2.30. The molecule has 1 aliphatic rings. The first kappa shape index (κ1) is 13.4. The largest absolute Gasteiger partial charge is 0.491 e. The summed E-state index contributed by atoms with van der Waals surface area (Å²) in [4.78, 5) is 0. The van der Waals surface area contributed by atoms with E-state index in [2.05, 4.69) is 26.0 Å². The fourth-order valence-corrected chi connectivity index (χ4v) is 2.30. The summed E-state index contributed by atoms with van der Waals surface area (Å²) in [5, 5.41) is 9.46. The number of aliphatic hydroxyl groups excluding tert-OH is 1. The molecule has 1 saturated carbocycles. The molecule has 0 aromatic heterocycles. The monoisotopic (exact) mass is 249 g/mol. The molecule has 18 heavy (non-hydrogen) atoms. The molecule has 0 heterocycles. The molecule has 0 spiro atoms. The number of aryl methyl sites for hydroxylation is 2. The van der Waals surface area contributed by atoms with Crippen LogP contribution in [0.1, 0.15) is 29.5 Å². The van der Waals surface area contributed by atoms with E-state index < -0.39 is 5.54 Å². The number of benzene rings is 1. The van der Waals surface area contributed by atoms with E-state index >= 15 is 0 Å². The van der Waals surface area contributed by atoms with Gasteiger partial charge in [-0.1, -0.05) is 12.1 Å². The predicted molar refractivity (Wildman–Crippen MR) is 72.9 cm³/mol. The Bertz CT molecular complexity index is 440. The van der Waals surface area contributed by atoms with Crippen LogP contribution >= 0.6 is 0 Å². The van der Waals surface area contributed by atoms with Crippen LogP contribution in [0.3, 0.4) is 0 Å². The van der Waals surface area contributed by atoms with Gasteiger partial charge in [-0.15, -0.1) is 0 Å². The van der Waals surface area contributed by atoms with E-state index in [1.165, 1.54) is 5.56 Å². The highest BCUT2D eigenvalue weighted by molar-refractivity contribution is 5.44. The number of nitrogens with two attached hydrogens (primary N) is 1. The van der Waals surface area contributed by atoms with Crippen molar-refractivity contribution in [2.45, 2.75) is 39.2 Å². The van der Waals surface area contributed by atoms with E-state index in [1.54, 1.807) is 0 Å². The van der Waals surface area contributed by atoms with Crippen molar-refractivity contribution in [1.29, 1.82) is 0 Å². The lowest BCUT2D eigenvalue weighted by Crippen LogP contribution is -2.51. The first-order valence-electron chi connectivity index (χ1n) is 6.57. The summed E-state index contributed by atoms with van der Waals surface area (Å²) in [5.41, 5.74) is 9.13. The molecular weight excluding hydrogens is 226 g/mol. The average molecular weight is 249 g/mol. The molecule has 3 N–H and O–H groups in total. The lowest BCUT2D eigenvalue weighted by molar-refractivity contribution is 0.116. The Labute approximate surface area is 109 Å². The van der Waals surface area contributed by atoms with Crippen LogP contribution in [0, 0.1) is 26.7 Å². The van der Waals surface area contributed by atoms with Crippen molar-refractivity contribution in [1.82, 2.24) is 0 Å². The van der Waals surface area contributed by atoms with Gasteiger partial charge in [-0.05, 0) is 56.2 Å². The van der Waals surface area contributed by atoms with E-state index in [9.17, 15) is 5.11 Å². The molecule has 1 unspecified atom stereocenters. The van der Waals surface area contributed by atoms with Crippen molar-refractivity contribution in [2.75, 3.05) is 13.2 Å². The quantitative estimate of drug-likeness (QED) is 0.840. The third kappa shape index (κ3) is 2.52. The number of rotatable bonds is 5. The molecule has 0 radical (unpaired) electrons. The smallest absolute Gasteiger partial charge is 0.125 e. The molecule has 1 fully saturated rings. The Morgan fingerprint density at radius 2 is 1.89 bits per heavy atom.